The Morgan fingerprint density at radius 1 is 0.775 bits per heavy atom. The van der Waals surface area contributed by atoms with E-state index < -0.39 is 73.9 Å². The lowest BCUT2D eigenvalue weighted by Crippen LogP contribution is -2.54. The minimum Gasteiger partial charge on any atom is -0.497 e. The van der Waals surface area contributed by atoms with Crippen LogP contribution in [0.3, 0.4) is 0 Å². The second-order valence-electron chi connectivity index (χ2n) is 18.4. The molecule has 0 radical (unpaired) electrons. The van der Waals surface area contributed by atoms with Crippen molar-refractivity contribution in [3.63, 3.8) is 0 Å². The highest BCUT2D eigenvalue weighted by Gasteiger charge is 2.52. The van der Waals surface area contributed by atoms with Gasteiger partial charge in [0.25, 0.3) is 11.5 Å². The van der Waals surface area contributed by atoms with Gasteiger partial charge in [0.2, 0.25) is 0 Å². The van der Waals surface area contributed by atoms with Gasteiger partial charge in [0, 0.05) is 36.4 Å². The van der Waals surface area contributed by atoms with Crippen molar-refractivity contribution >= 4 is 20.3 Å². The van der Waals surface area contributed by atoms with E-state index in [1.807, 2.05) is 107 Å². The van der Waals surface area contributed by atoms with Crippen LogP contribution in [0.2, 0.25) is 11.1 Å². The van der Waals surface area contributed by atoms with Crippen LogP contribution in [0.15, 0.2) is 142 Å². The number of carbonyl (C=O) groups is 1. The van der Waals surface area contributed by atoms with Crippen molar-refractivity contribution in [2.75, 3.05) is 32.8 Å². The summed E-state index contributed by atoms with van der Waals surface area (Å²) in [6.07, 6.45) is -1.81. The highest BCUT2D eigenvalue weighted by molar-refractivity contribution is 6.70. The monoisotopic (exact) mass is 987 g/mol. The van der Waals surface area contributed by atoms with Crippen LogP contribution in [0, 0.1) is 6.92 Å². The van der Waals surface area contributed by atoms with E-state index >= 15 is 0 Å². The average Bonchev–Trinajstić information content (AvgIpc) is 3.96. The number of amides is 1. The van der Waals surface area contributed by atoms with Gasteiger partial charge in [-0.25, -0.2) is 9.59 Å². The van der Waals surface area contributed by atoms with Crippen LogP contribution in [0.5, 0.6) is 11.5 Å². The summed E-state index contributed by atoms with van der Waals surface area (Å²) in [7, 11) is -0.170. The second-order valence-corrected chi connectivity index (χ2v) is 22.7. The number of carbonyl (C=O) groups excluding carboxylic acids is 1. The van der Waals surface area contributed by atoms with Crippen molar-refractivity contribution in [2.45, 2.75) is 101 Å². The van der Waals surface area contributed by atoms with E-state index in [0.717, 1.165) is 16.7 Å². The molecule has 71 heavy (non-hydrogen) atoms. The van der Waals surface area contributed by atoms with E-state index in [9.17, 15) is 24.3 Å². The number of hydrogen-bond acceptors (Lipinski definition) is 13. The number of methoxy groups -OCH3 is 2. The largest absolute Gasteiger partial charge is 0.497 e. The topological polar surface area (TPSA) is 204 Å². The van der Waals surface area contributed by atoms with Crippen LogP contribution >= 0.6 is 0 Å². The molecule has 4 aromatic carbocycles. The Labute approximate surface area is 412 Å². The standard InChI is InChI=1S/C53H61N5O12Si/c1-33(2)71(34(3)4,67-32-44-42(59)28-47(68-44)58-30-35(5)49(60)56-52(58)63)70-43-29-48(57-27-26-46(55-51(57)62)54-50(61)36-14-10-8-11-15-36)69-45(43)31-66-53(37-16-12-9-13-17-37,38-18-22-40(64-6)23-19-38)39-20-24-41(65-7)25-21-39/h8-27,30,33-34,42-45,47-48,59H,28-29,31-32H2,1-7H3,(H,56,60,63)(H,54,55,61,62)/t42-,43-,44+,45+,47+,48+/m0/s1. The molecule has 17 nitrogen and oxygen atoms in total. The molecule has 374 valence electrons. The summed E-state index contributed by atoms with van der Waals surface area (Å²) in [5, 5.41) is 14.0. The molecule has 2 aliphatic heterocycles. The fourth-order valence-electron chi connectivity index (χ4n) is 9.50. The van der Waals surface area contributed by atoms with Gasteiger partial charge in [-0.05, 0) is 77.2 Å². The maximum absolute atomic E-state index is 13.9. The van der Waals surface area contributed by atoms with Crippen molar-refractivity contribution in [3.05, 3.63) is 187 Å². The Hall–Kier alpha value is -6.51. The van der Waals surface area contributed by atoms with Gasteiger partial charge in [-0.2, -0.15) is 4.98 Å². The molecule has 2 saturated heterocycles. The van der Waals surface area contributed by atoms with Gasteiger partial charge in [0.15, 0.2) is 0 Å². The number of nitrogens with zero attached hydrogens (tertiary/aromatic N) is 3. The zero-order valence-electron chi connectivity index (χ0n) is 40.9. The third-order valence-electron chi connectivity index (χ3n) is 13.3. The molecule has 0 unspecified atom stereocenters. The number of aryl methyl sites for hydroxylation is 1. The predicted octanol–water partition coefficient (Wildman–Crippen LogP) is 6.98. The van der Waals surface area contributed by atoms with Crippen LogP contribution in [0.1, 0.15) is 85.6 Å². The van der Waals surface area contributed by atoms with Gasteiger partial charge in [0.1, 0.15) is 47.6 Å². The molecule has 2 fully saturated rings. The molecular formula is C53H61N5O12Si. The number of aliphatic hydroxyl groups is 1. The molecule has 2 aliphatic rings. The van der Waals surface area contributed by atoms with E-state index in [-0.39, 0.29) is 43.0 Å². The number of ether oxygens (including phenoxy) is 5. The molecule has 0 bridgehead atoms. The Kier molecular flexibility index (Phi) is 15.7. The summed E-state index contributed by atoms with van der Waals surface area (Å²) >= 11 is 0. The molecule has 6 aromatic rings. The Balaban J connectivity index is 1.14. The Morgan fingerprint density at radius 3 is 1.92 bits per heavy atom. The Bertz CT molecular complexity index is 2870. The molecule has 18 heteroatoms. The van der Waals surface area contributed by atoms with E-state index in [1.54, 1.807) is 63.7 Å². The molecule has 2 aromatic heterocycles. The highest BCUT2D eigenvalue weighted by atomic mass is 28.4. The van der Waals surface area contributed by atoms with Crippen LogP contribution in [-0.4, -0.2) is 90.5 Å². The van der Waals surface area contributed by atoms with Gasteiger partial charge in [-0.3, -0.25) is 23.7 Å². The lowest BCUT2D eigenvalue weighted by molar-refractivity contribution is -0.0970. The van der Waals surface area contributed by atoms with Crippen molar-refractivity contribution in [3.8, 4) is 11.5 Å². The zero-order chi connectivity index (χ0) is 50.5. The van der Waals surface area contributed by atoms with Gasteiger partial charge < -0.3 is 43.0 Å². The summed E-state index contributed by atoms with van der Waals surface area (Å²) < 4.78 is 48.7. The normalized spacial score (nSPS) is 20.4. The van der Waals surface area contributed by atoms with Crippen molar-refractivity contribution in [1.82, 2.24) is 19.1 Å². The SMILES string of the molecule is COc1ccc(C(OC[C@H]2O[C@@H](n3ccc(NC(=O)c4ccccc4)nc3=O)C[C@@H]2O[Si](OC[C@H]2O[C@@H](n3cc(C)c(=O)[nH]c3=O)C[C@@H]2O)(C(C)C)C(C)C)(c2ccccc2)c2ccc(OC)cc2)cc1. The Morgan fingerprint density at radius 2 is 1.34 bits per heavy atom. The molecule has 1 amide bonds. The lowest BCUT2D eigenvalue weighted by Gasteiger charge is -2.41. The fraction of sp³-hybridized carbons (Fsp3) is 0.377. The molecule has 0 saturated carbocycles. The number of anilines is 1. The van der Waals surface area contributed by atoms with Gasteiger partial charge >= 0.3 is 19.9 Å². The quantitative estimate of drug-likeness (QED) is 0.0555. The van der Waals surface area contributed by atoms with Crippen molar-refractivity contribution < 1.29 is 42.4 Å². The summed E-state index contributed by atoms with van der Waals surface area (Å²) in [6.45, 7) is 9.64. The number of aliphatic hydroxyl groups excluding tert-OH is 1. The zero-order valence-corrected chi connectivity index (χ0v) is 41.9. The second kappa shape index (κ2) is 21.9. The van der Waals surface area contributed by atoms with E-state index in [2.05, 4.69) is 15.3 Å². The molecule has 4 heterocycles. The minimum absolute atomic E-state index is 0.0400. The first-order valence-electron chi connectivity index (χ1n) is 23.7. The average molecular weight is 988 g/mol. The smallest absolute Gasteiger partial charge is 0.351 e. The van der Waals surface area contributed by atoms with Crippen LogP contribution in [-0.2, 0) is 28.7 Å². The van der Waals surface area contributed by atoms with E-state index in [1.165, 1.54) is 15.3 Å². The van der Waals surface area contributed by atoms with Crippen molar-refractivity contribution in [2.24, 2.45) is 0 Å². The molecule has 0 spiro atoms. The number of hydrogen-bond donors (Lipinski definition) is 3. The maximum Gasteiger partial charge on any atom is 0.351 e. The molecule has 6 atom stereocenters. The van der Waals surface area contributed by atoms with E-state index in [0.29, 0.717) is 22.6 Å². The summed E-state index contributed by atoms with van der Waals surface area (Å²) in [4.78, 5) is 58.4. The first-order chi connectivity index (χ1) is 34.1. The number of benzene rings is 4. The van der Waals surface area contributed by atoms with Gasteiger partial charge in [0.05, 0.1) is 39.6 Å². The maximum atomic E-state index is 13.9. The minimum atomic E-state index is -3.40. The number of rotatable bonds is 19. The number of nitrogens with one attached hydrogen (secondary N) is 2. The first kappa shape index (κ1) is 50.9. The molecule has 3 N–H and O–H groups in total. The van der Waals surface area contributed by atoms with E-state index in [4.69, 9.17) is 32.5 Å². The molecule has 0 aliphatic carbocycles. The first-order valence-corrected chi connectivity index (χ1v) is 25.7. The third kappa shape index (κ3) is 10.7. The predicted molar refractivity (Wildman–Crippen MR) is 267 cm³/mol. The number of aromatic amines is 1. The summed E-state index contributed by atoms with van der Waals surface area (Å²) in [6, 6.07) is 35.4. The number of aromatic nitrogens is 4. The lowest BCUT2D eigenvalue weighted by atomic mass is 9.80. The van der Waals surface area contributed by atoms with Crippen LogP contribution in [0.4, 0.5) is 5.82 Å². The van der Waals surface area contributed by atoms with Crippen LogP contribution < -0.4 is 31.7 Å². The van der Waals surface area contributed by atoms with Crippen molar-refractivity contribution in [1.29, 1.82) is 0 Å². The number of H-pyrrole nitrogens is 1. The summed E-state index contributed by atoms with van der Waals surface area (Å²) in [5.41, 5.74) is -0.127. The molecule has 8 rings (SSSR count). The third-order valence-corrected chi connectivity index (χ3v) is 17.8. The van der Waals surface area contributed by atoms with Crippen LogP contribution in [0.25, 0.3) is 0 Å². The highest BCUT2D eigenvalue weighted by Crippen LogP contribution is 2.45. The molecular weight excluding hydrogens is 927 g/mol. The van der Waals surface area contributed by atoms with Gasteiger partial charge in [-0.1, -0.05) is 100 Å². The fourth-order valence-corrected chi connectivity index (χ4v) is 13.3. The van der Waals surface area contributed by atoms with Gasteiger partial charge in [-0.15, -0.1) is 0 Å². The summed E-state index contributed by atoms with van der Waals surface area (Å²) in [5.74, 6) is 1.00.